The molecule has 80 valence electrons. The molecule has 2 heteroatoms. The highest BCUT2D eigenvalue weighted by Crippen LogP contribution is 2.39. The maximum atomic E-state index is 11.6. The highest BCUT2D eigenvalue weighted by atomic mass is 16.6. The summed E-state index contributed by atoms with van der Waals surface area (Å²) < 4.78 is 5.41. The van der Waals surface area contributed by atoms with Crippen molar-refractivity contribution in [2.24, 2.45) is 0 Å². The average Bonchev–Trinajstić information content (AvgIpc) is 3.07. The highest BCUT2D eigenvalue weighted by molar-refractivity contribution is 5.86. The Morgan fingerprint density at radius 1 is 1.33 bits per heavy atom. The molecule has 1 fully saturated rings. The second-order valence-corrected chi connectivity index (χ2v) is 3.96. The first-order valence-corrected chi connectivity index (χ1v) is 5.56. The van der Waals surface area contributed by atoms with Gasteiger partial charge >= 0.3 is 0 Å². The topological polar surface area (TPSA) is 29.6 Å². The van der Waals surface area contributed by atoms with Gasteiger partial charge in [-0.25, -0.2) is 0 Å². The van der Waals surface area contributed by atoms with Crippen LogP contribution in [0.25, 0.3) is 0 Å². The summed E-state index contributed by atoms with van der Waals surface area (Å²) in [5, 5.41) is 0. The van der Waals surface area contributed by atoms with Crippen molar-refractivity contribution in [2.75, 3.05) is 0 Å². The van der Waals surface area contributed by atoms with E-state index in [1.54, 1.807) is 0 Å². The Hall–Kier alpha value is -1.15. The SMILES string of the molecule is CCCCC(=O)[C@H]1O[C@@H]1c1ccccc1. The third kappa shape index (κ3) is 2.45. The zero-order valence-electron chi connectivity index (χ0n) is 8.98. The van der Waals surface area contributed by atoms with E-state index in [4.69, 9.17) is 4.74 Å². The number of rotatable bonds is 5. The lowest BCUT2D eigenvalue weighted by atomic mass is 10.0. The van der Waals surface area contributed by atoms with E-state index in [1.165, 1.54) is 0 Å². The van der Waals surface area contributed by atoms with E-state index >= 15 is 0 Å². The average molecular weight is 204 g/mol. The molecular formula is C13H16O2. The summed E-state index contributed by atoms with van der Waals surface area (Å²) >= 11 is 0. The maximum Gasteiger partial charge on any atom is 0.164 e. The van der Waals surface area contributed by atoms with E-state index in [9.17, 15) is 4.79 Å². The normalized spacial score (nSPS) is 23.8. The summed E-state index contributed by atoms with van der Waals surface area (Å²) in [7, 11) is 0. The molecule has 0 amide bonds. The van der Waals surface area contributed by atoms with Crippen molar-refractivity contribution in [1.29, 1.82) is 0 Å². The van der Waals surface area contributed by atoms with Crippen molar-refractivity contribution >= 4 is 5.78 Å². The molecule has 0 spiro atoms. The van der Waals surface area contributed by atoms with E-state index in [0.717, 1.165) is 18.4 Å². The van der Waals surface area contributed by atoms with Gasteiger partial charge in [-0.3, -0.25) is 4.79 Å². The van der Waals surface area contributed by atoms with Crippen molar-refractivity contribution in [3.8, 4) is 0 Å². The third-order valence-electron chi connectivity index (χ3n) is 2.71. The third-order valence-corrected chi connectivity index (χ3v) is 2.71. The van der Waals surface area contributed by atoms with Crippen molar-refractivity contribution in [2.45, 2.75) is 38.4 Å². The molecule has 15 heavy (non-hydrogen) atoms. The minimum absolute atomic E-state index is 0.0237. The number of unbranched alkanes of at least 4 members (excludes halogenated alkanes) is 1. The predicted octanol–water partition coefficient (Wildman–Crippen LogP) is 2.89. The first-order valence-electron chi connectivity index (χ1n) is 5.56. The van der Waals surface area contributed by atoms with Crippen LogP contribution in [-0.4, -0.2) is 11.9 Å². The molecule has 0 unspecified atom stereocenters. The smallest absolute Gasteiger partial charge is 0.164 e. The van der Waals surface area contributed by atoms with E-state index < -0.39 is 0 Å². The summed E-state index contributed by atoms with van der Waals surface area (Å²) in [6, 6.07) is 9.95. The van der Waals surface area contributed by atoms with Gasteiger partial charge in [-0.15, -0.1) is 0 Å². The Balaban J connectivity index is 1.88. The van der Waals surface area contributed by atoms with Gasteiger partial charge in [0, 0.05) is 6.42 Å². The number of hydrogen-bond acceptors (Lipinski definition) is 2. The summed E-state index contributed by atoms with van der Waals surface area (Å²) in [6.07, 6.45) is 2.55. The first-order chi connectivity index (χ1) is 7.33. The van der Waals surface area contributed by atoms with Crippen LogP contribution in [0.1, 0.15) is 37.9 Å². The van der Waals surface area contributed by atoms with Gasteiger partial charge in [-0.05, 0) is 12.0 Å². The van der Waals surface area contributed by atoms with Crippen LogP contribution in [0.3, 0.4) is 0 Å². The van der Waals surface area contributed by atoms with E-state index in [2.05, 4.69) is 6.92 Å². The van der Waals surface area contributed by atoms with Crippen molar-refractivity contribution in [1.82, 2.24) is 0 Å². The summed E-state index contributed by atoms with van der Waals surface area (Å²) in [6.45, 7) is 2.09. The lowest BCUT2D eigenvalue weighted by Gasteiger charge is -1.95. The van der Waals surface area contributed by atoms with E-state index in [0.29, 0.717) is 6.42 Å². The molecule has 2 nitrogen and oxygen atoms in total. The second kappa shape index (κ2) is 4.58. The molecule has 1 aromatic carbocycles. The van der Waals surface area contributed by atoms with Gasteiger partial charge in [0.25, 0.3) is 0 Å². The number of Topliss-reactive ketones (excluding diaryl/α,β-unsaturated/α-hetero) is 1. The van der Waals surface area contributed by atoms with Gasteiger partial charge in [0.1, 0.15) is 12.2 Å². The molecular weight excluding hydrogens is 188 g/mol. The number of ketones is 1. The van der Waals surface area contributed by atoms with Crippen molar-refractivity contribution in [3.63, 3.8) is 0 Å². The van der Waals surface area contributed by atoms with E-state index in [1.807, 2.05) is 30.3 Å². The van der Waals surface area contributed by atoms with Crippen LogP contribution in [0.5, 0.6) is 0 Å². The molecule has 1 aromatic rings. The molecule has 0 aromatic heterocycles. The van der Waals surface area contributed by atoms with Crippen LogP contribution < -0.4 is 0 Å². The lowest BCUT2D eigenvalue weighted by Crippen LogP contribution is -2.06. The molecule has 0 saturated carbocycles. The molecule has 1 heterocycles. The largest absolute Gasteiger partial charge is 0.356 e. The quantitative estimate of drug-likeness (QED) is 0.690. The lowest BCUT2D eigenvalue weighted by molar-refractivity contribution is -0.120. The van der Waals surface area contributed by atoms with Gasteiger partial charge in [-0.1, -0.05) is 43.7 Å². The summed E-state index contributed by atoms with van der Waals surface area (Å²) in [5.74, 6) is 0.255. The van der Waals surface area contributed by atoms with Gasteiger partial charge in [-0.2, -0.15) is 0 Å². The van der Waals surface area contributed by atoms with Crippen molar-refractivity contribution in [3.05, 3.63) is 35.9 Å². The summed E-state index contributed by atoms with van der Waals surface area (Å²) in [4.78, 5) is 11.6. The van der Waals surface area contributed by atoms with Gasteiger partial charge < -0.3 is 4.74 Å². The number of epoxide rings is 1. The standard InChI is InChI=1S/C13H16O2/c1-2-3-9-11(14)13-12(15-13)10-7-5-4-6-8-10/h4-8,12-13H,2-3,9H2,1H3/t12-,13-/m1/s1. The minimum Gasteiger partial charge on any atom is -0.356 e. The fourth-order valence-corrected chi connectivity index (χ4v) is 1.75. The number of hydrogen-bond donors (Lipinski definition) is 0. The fourth-order valence-electron chi connectivity index (χ4n) is 1.75. The van der Waals surface area contributed by atoms with Crippen LogP contribution in [0.2, 0.25) is 0 Å². The van der Waals surface area contributed by atoms with Gasteiger partial charge in [0.2, 0.25) is 0 Å². The fraction of sp³-hybridized carbons (Fsp3) is 0.462. The Bertz CT molecular complexity index is 332. The molecule has 1 aliphatic rings. The Morgan fingerprint density at radius 2 is 2.07 bits per heavy atom. The Morgan fingerprint density at radius 3 is 2.73 bits per heavy atom. The highest BCUT2D eigenvalue weighted by Gasteiger charge is 2.44. The molecule has 0 N–H and O–H groups in total. The molecule has 0 aliphatic carbocycles. The van der Waals surface area contributed by atoms with E-state index in [-0.39, 0.29) is 18.0 Å². The molecule has 2 atom stereocenters. The molecule has 2 rings (SSSR count). The first kappa shape index (κ1) is 10.4. The maximum absolute atomic E-state index is 11.6. The number of ether oxygens (including phenoxy) is 1. The monoisotopic (exact) mass is 204 g/mol. The van der Waals surface area contributed by atoms with Gasteiger partial charge in [0.05, 0.1) is 0 Å². The zero-order valence-corrected chi connectivity index (χ0v) is 8.98. The summed E-state index contributed by atoms with van der Waals surface area (Å²) in [5.41, 5.74) is 1.12. The minimum atomic E-state index is -0.168. The molecule has 0 radical (unpaired) electrons. The zero-order chi connectivity index (χ0) is 10.7. The number of carbonyl (C=O) groups excluding carboxylic acids is 1. The molecule has 1 aliphatic heterocycles. The van der Waals surface area contributed by atoms with Crippen LogP contribution in [0.15, 0.2) is 30.3 Å². The van der Waals surface area contributed by atoms with Crippen LogP contribution in [0, 0.1) is 0 Å². The number of carbonyl (C=O) groups is 1. The van der Waals surface area contributed by atoms with Gasteiger partial charge in [0.15, 0.2) is 5.78 Å². The Kier molecular flexibility index (Phi) is 3.17. The molecule has 0 bridgehead atoms. The van der Waals surface area contributed by atoms with Crippen LogP contribution >= 0.6 is 0 Å². The van der Waals surface area contributed by atoms with Crippen LogP contribution in [-0.2, 0) is 9.53 Å². The number of benzene rings is 1. The predicted molar refractivity (Wildman–Crippen MR) is 58.6 cm³/mol. The Labute approximate surface area is 90.3 Å². The molecule has 1 saturated heterocycles. The van der Waals surface area contributed by atoms with Crippen LogP contribution in [0.4, 0.5) is 0 Å². The second-order valence-electron chi connectivity index (χ2n) is 3.96. The van der Waals surface area contributed by atoms with Crippen molar-refractivity contribution < 1.29 is 9.53 Å².